The number of hydrogen-bond acceptors (Lipinski definition) is 4. The first-order valence-electron chi connectivity index (χ1n) is 5.38. The second kappa shape index (κ2) is 6.44. The minimum Gasteiger partial charge on any atom is -0.473 e. The van der Waals surface area contributed by atoms with Crippen molar-refractivity contribution in [2.75, 3.05) is 19.8 Å². The highest BCUT2D eigenvalue weighted by Gasteiger charge is 2.27. The Morgan fingerprint density at radius 3 is 2.44 bits per heavy atom. The molecule has 2 fully saturated rings. The lowest BCUT2D eigenvalue weighted by Gasteiger charge is -2.35. The van der Waals surface area contributed by atoms with Crippen LogP contribution in [0.1, 0.15) is 19.3 Å². The number of aliphatic carboxylic acids is 2. The first kappa shape index (κ1) is 12.9. The third-order valence-corrected chi connectivity index (χ3v) is 2.84. The fraction of sp³-hybridized carbons (Fsp3) is 0.800. The van der Waals surface area contributed by atoms with Crippen LogP contribution in [0.3, 0.4) is 0 Å². The summed E-state index contributed by atoms with van der Waals surface area (Å²) in [4.78, 5) is 18.2. The number of ether oxygens (including phenoxy) is 1. The molecule has 2 aliphatic rings. The maximum Gasteiger partial charge on any atom is 0.414 e. The Balaban J connectivity index is 0.000000187. The molecule has 2 rings (SSSR count). The van der Waals surface area contributed by atoms with Gasteiger partial charge in [0, 0.05) is 12.6 Å². The van der Waals surface area contributed by atoms with E-state index >= 15 is 0 Å². The lowest BCUT2D eigenvalue weighted by Crippen LogP contribution is -2.47. The molecule has 2 heterocycles. The van der Waals surface area contributed by atoms with Crippen LogP contribution in [0.5, 0.6) is 0 Å². The number of fused-ring (bicyclic) bond motifs is 1. The predicted octanol–water partition coefficient (Wildman–Crippen LogP) is -0.0695. The van der Waals surface area contributed by atoms with Crippen molar-refractivity contribution in [1.82, 2.24) is 5.32 Å². The van der Waals surface area contributed by atoms with Gasteiger partial charge in [-0.15, -0.1) is 0 Å². The van der Waals surface area contributed by atoms with Crippen LogP contribution < -0.4 is 5.32 Å². The van der Waals surface area contributed by atoms with E-state index in [2.05, 4.69) is 5.32 Å². The summed E-state index contributed by atoms with van der Waals surface area (Å²) in [7, 11) is 0. The van der Waals surface area contributed by atoms with Gasteiger partial charge in [0.1, 0.15) is 0 Å². The van der Waals surface area contributed by atoms with Crippen LogP contribution in [0.15, 0.2) is 0 Å². The summed E-state index contributed by atoms with van der Waals surface area (Å²) in [5.74, 6) is -2.73. The van der Waals surface area contributed by atoms with E-state index < -0.39 is 11.9 Å². The van der Waals surface area contributed by atoms with Crippen molar-refractivity contribution in [3.8, 4) is 0 Å². The zero-order valence-corrected chi connectivity index (χ0v) is 9.02. The van der Waals surface area contributed by atoms with Gasteiger partial charge in [0.05, 0.1) is 6.61 Å². The number of carbonyl (C=O) groups is 2. The fourth-order valence-corrected chi connectivity index (χ4v) is 2.01. The second-order valence-corrected chi connectivity index (χ2v) is 3.94. The summed E-state index contributed by atoms with van der Waals surface area (Å²) >= 11 is 0. The molecule has 6 heteroatoms. The summed E-state index contributed by atoms with van der Waals surface area (Å²) in [6.45, 7) is 3.14. The Morgan fingerprint density at radius 2 is 1.88 bits per heavy atom. The van der Waals surface area contributed by atoms with E-state index in [4.69, 9.17) is 24.5 Å². The number of rotatable bonds is 0. The molecule has 0 aromatic carbocycles. The molecule has 0 amide bonds. The third-order valence-electron chi connectivity index (χ3n) is 2.84. The molecule has 0 spiro atoms. The maximum absolute atomic E-state index is 9.10. The van der Waals surface area contributed by atoms with Gasteiger partial charge in [-0.1, -0.05) is 0 Å². The first-order chi connectivity index (χ1) is 7.61. The smallest absolute Gasteiger partial charge is 0.414 e. The van der Waals surface area contributed by atoms with E-state index in [1.165, 1.54) is 25.8 Å². The normalized spacial score (nSPS) is 28.2. The molecule has 0 bridgehead atoms. The van der Waals surface area contributed by atoms with Crippen molar-refractivity contribution in [3.05, 3.63) is 0 Å². The average molecular weight is 231 g/mol. The molecule has 2 saturated heterocycles. The summed E-state index contributed by atoms with van der Waals surface area (Å²) in [6, 6.07) is 0.683. The lowest BCUT2D eigenvalue weighted by molar-refractivity contribution is -0.159. The van der Waals surface area contributed by atoms with Gasteiger partial charge < -0.3 is 20.3 Å². The van der Waals surface area contributed by atoms with E-state index in [0.29, 0.717) is 6.04 Å². The molecule has 3 N–H and O–H groups in total. The third kappa shape index (κ3) is 4.16. The minimum atomic E-state index is -1.82. The number of carboxylic acids is 2. The SMILES string of the molecule is C1CNC2COCCC2C1.O=C(O)C(=O)O. The van der Waals surface area contributed by atoms with Crippen LogP contribution in [0.2, 0.25) is 0 Å². The van der Waals surface area contributed by atoms with Gasteiger partial charge in [-0.3, -0.25) is 0 Å². The van der Waals surface area contributed by atoms with Crippen molar-refractivity contribution in [2.45, 2.75) is 25.3 Å². The van der Waals surface area contributed by atoms with E-state index in [0.717, 1.165) is 19.1 Å². The van der Waals surface area contributed by atoms with Gasteiger partial charge >= 0.3 is 11.9 Å². The molecule has 0 aromatic heterocycles. The van der Waals surface area contributed by atoms with Gasteiger partial charge in [0.15, 0.2) is 0 Å². The highest BCUT2D eigenvalue weighted by atomic mass is 16.5. The van der Waals surface area contributed by atoms with E-state index in [-0.39, 0.29) is 0 Å². The van der Waals surface area contributed by atoms with Gasteiger partial charge in [-0.05, 0) is 31.7 Å². The summed E-state index contributed by atoms with van der Waals surface area (Å²) in [6.07, 6.45) is 4.06. The zero-order valence-electron chi connectivity index (χ0n) is 9.02. The Hall–Kier alpha value is -1.14. The van der Waals surface area contributed by atoms with Crippen LogP contribution in [0.25, 0.3) is 0 Å². The summed E-state index contributed by atoms with van der Waals surface area (Å²) < 4.78 is 5.38. The fourth-order valence-electron chi connectivity index (χ4n) is 2.01. The van der Waals surface area contributed by atoms with Crippen LogP contribution in [0, 0.1) is 5.92 Å². The van der Waals surface area contributed by atoms with E-state index in [1.54, 1.807) is 0 Å². The second-order valence-electron chi connectivity index (χ2n) is 3.94. The molecule has 92 valence electrons. The van der Waals surface area contributed by atoms with Crippen molar-refractivity contribution in [1.29, 1.82) is 0 Å². The van der Waals surface area contributed by atoms with E-state index in [1.807, 2.05) is 0 Å². The first-order valence-corrected chi connectivity index (χ1v) is 5.38. The highest BCUT2D eigenvalue weighted by Crippen LogP contribution is 2.23. The molecule has 2 atom stereocenters. The van der Waals surface area contributed by atoms with Gasteiger partial charge in [-0.2, -0.15) is 0 Å². The largest absolute Gasteiger partial charge is 0.473 e. The van der Waals surface area contributed by atoms with Gasteiger partial charge in [0.25, 0.3) is 0 Å². The molecule has 0 aromatic rings. The van der Waals surface area contributed by atoms with Gasteiger partial charge in [0.2, 0.25) is 0 Å². The standard InChI is InChI=1S/C8H15NO.C2H2O4/c1-2-7-3-5-10-6-8(7)9-4-1;3-1(4)2(5)6/h7-9H,1-6H2;(H,3,4)(H,5,6). The van der Waals surface area contributed by atoms with Crippen molar-refractivity contribution in [2.24, 2.45) is 5.92 Å². The van der Waals surface area contributed by atoms with Crippen LogP contribution in [-0.2, 0) is 14.3 Å². The zero-order chi connectivity index (χ0) is 12.0. The van der Waals surface area contributed by atoms with E-state index in [9.17, 15) is 0 Å². The molecule has 0 saturated carbocycles. The number of hydrogen-bond donors (Lipinski definition) is 3. The molecular formula is C10H17NO5. The number of carboxylic acid groups (broad SMARTS) is 2. The lowest BCUT2D eigenvalue weighted by atomic mass is 9.87. The molecule has 16 heavy (non-hydrogen) atoms. The monoisotopic (exact) mass is 231 g/mol. The molecule has 0 radical (unpaired) electrons. The summed E-state index contributed by atoms with van der Waals surface area (Å²) in [5.41, 5.74) is 0. The highest BCUT2D eigenvalue weighted by molar-refractivity contribution is 6.27. The molecule has 0 aliphatic carbocycles. The molecular weight excluding hydrogens is 214 g/mol. The maximum atomic E-state index is 9.10. The van der Waals surface area contributed by atoms with Crippen LogP contribution in [-0.4, -0.2) is 48.0 Å². The summed E-state index contributed by atoms with van der Waals surface area (Å²) in [5, 5.41) is 18.3. The Labute approximate surface area is 93.6 Å². The van der Waals surface area contributed by atoms with Crippen molar-refractivity contribution >= 4 is 11.9 Å². The quantitative estimate of drug-likeness (QED) is 0.505. The molecule has 2 unspecified atom stereocenters. The Bertz CT molecular complexity index is 218. The van der Waals surface area contributed by atoms with Crippen LogP contribution >= 0.6 is 0 Å². The average Bonchev–Trinajstić information content (AvgIpc) is 2.30. The number of piperidine rings is 1. The predicted molar refractivity (Wildman–Crippen MR) is 55.2 cm³/mol. The van der Waals surface area contributed by atoms with Gasteiger partial charge in [-0.25, -0.2) is 9.59 Å². The Morgan fingerprint density at radius 1 is 1.19 bits per heavy atom. The topological polar surface area (TPSA) is 95.9 Å². The van der Waals surface area contributed by atoms with Crippen LogP contribution in [0.4, 0.5) is 0 Å². The molecule has 6 nitrogen and oxygen atoms in total. The minimum absolute atomic E-state index is 0.683. The van der Waals surface area contributed by atoms with Crippen molar-refractivity contribution in [3.63, 3.8) is 0 Å². The molecule has 2 aliphatic heterocycles. The Kier molecular flexibility index (Phi) is 5.21. The van der Waals surface area contributed by atoms with Crippen molar-refractivity contribution < 1.29 is 24.5 Å². The number of nitrogens with one attached hydrogen (secondary N) is 1.